The fourth-order valence-electron chi connectivity index (χ4n) is 1.24. The third-order valence-corrected chi connectivity index (χ3v) is 1.76. The van der Waals surface area contributed by atoms with Crippen molar-refractivity contribution in [2.45, 2.75) is 6.42 Å². The van der Waals surface area contributed by atoms with Gasteiger partial charge in [0.15, 0.2) is 0 Å². The first kappa shape index (κ1) is 8.30. The quantitative estimate of drug-likeness (QED) is 0.515. The van der Waals surface area contributed by atoms with Crippen LogP contribution in [0.25, 0.3) is 0 Å². The summed E-state index contributed by atoms with van der Waals surface area (Å²) in [6, 6.07) is 0. The van der Waals surface area contributed by atoms with Gasteiger partial charge in [-0.25, -0.2) is 0 Å². The first-order valence-corrected chi connectivity index (χ1v) is 3.64. The van der Waals surface area contributed by atoms with Gasteiger partial charge < -0.3 is 15.9 Å². The Kier molecular flexibility index (Phi) is 2.68. The first-order chi connectivity index (χ1) is 5.26. The number of nitrogens with two attached hydrogens (primary N) is 1. The van der Waals surface area contributed by atoms with Crippen LogP contribution in [0.5, 0.6) is 0 Å². The van der Waals surface area contributed by atoms with Crippen LogP contribution in [0, 0.1) is 5.92 Å². The van der Waals surface area contributed by atoms with Crippen LogP contribution in [0.15, 0.2) is 23.4 Å². The molecular weight excluding hydrogens is 142 g/mol. The summed E-state index contributed by atoms with van der Waals surface area (Å²) in [5, 5.41) is 17.6. The number of rotatable bonds is 2. The van der Waals surface area contributed by atoms with Crippen LogP contribution < -0.4 is 5.73 Å². The van der Waals surface area contributed by atoms with Crippen molar-refractivity contribution in [1.82, 2.24) is 0 Å². The lowest BCUT2D eigenvalue weighted by Crippen LogP contribution is -2.13. The molecule has 1 aliphatic rings. The highest BCUT2D eigenvalue weighted by Gasteiger charge is 2.11. The Labute approximate surface area is 65.8 Å². The molecule has 0 bridgehead atoms. The summed E-state index contributed by atoms with van der Waals surface area (Å²) in [6.45, 7) is 0.128. The molecule has 1 aliphatic carbocycles. The topological polar surface area (TPSA) is 66.5 Å². The molecule has 0 aliphatic heterocycles. The minimum Gasteiger partial charge on any atom is -0.399 e. The van der Waals surface area contributed by atoms with E-state index in [0.717, 1.165) is 5.57 Å². The molecule has 0 heterocycles. The van der Waals surface area contributed by atoms with Crippen molar-refractivity contribution in [2.75, 3.05) is 13.2 Å². The monoisotopic (exact) mass is 155 g/mol. The molecule has 11 heavy (non-hydrogen) atoms. The van der Waals surface area contributed by atoms with E-state index in [2.05, 4.69) is 0 Å². The zero-order valence-corrected chi connectivity index (χ0v) is 6.33. The van der Waals surface area contributed by atoms with Gasteiger partial charge in [0.2, 0.25) is 0 Å². The van der Waals surface area contributed by atoms with Crippen LogP contribution in [0.1, 0.15) is 6.42 Å². The van der Waals surface area contributed by atoms with Crippen LogP contribution in [0.4, 0.5) is 0 Å². The van der Waals surface area contributed by atoms with Gasteiger partial charge in [0.1, 0.15) is 0 Å². The van der Waals surface area contributed by atoms with Gasteiger partial charge in [-0.15, -0.1) is 0 Å². The van der Waals surface area contributed by atoms with E-state index in [-0.39, 0.29) is 19.1 Å². The minimum atomic E-state index is 0.0328. The van der Waals surface area contributed by atoms with E-state index < -0.39 is 0 Å². The molecule has 0 aromatic heterocycles. The molecule has 1 atom stereocenters. The maximum absolute atomic E-state index is 8.81. The van der Waals surface area contributed by atoms with Crippen molar-refractivity contribution in [1.29, 1.82) is 0 Å². The zero-order chi connectivity index (χ0) is 8.27. The zero-order valence-electron chi connectivity index (χ0n) is 6.33. The SMILES string of the molecule is NC1=CC(CO)CC(CO)=C1. The average Bonchev–Trinajstić information content (AvgIpc) is 2.03. The lowest BCUT2D eigenvalue weighted by molar-refractivity contribution is 0.243. The van der Waals surface area contributed by atoms with Gasteiger partial charge in [0.25, 0.3) is 0 Å². The van der Waals surface area contributed by atoms with Crippen molar-refractivity contribution < 1.29 is 10.2 Å². The van der Waals surface area contributed by atoms with Crippen molar-refractivity contribution >= 4 is 0 Å². The molecule has 0 radical (unpaired) electrons. The molecule has 0 aromatic carbocycles. The third kappa shape index (κ3) is 2.06. The summed E-state index contributed by atoms with van der Waals surface area (Å²) in [4.78, 5) is 0. The van der Waals surface area contributed by atoms with Crippen molar-refractivity contribution in [2.24, 2.45) is 11.7 Å². The molecule has 0 aromatic rings. The lowest BCUT2D eigenvalue weighted by atomic mass is 9.94. The van der Waals surface area contributed by atoms with Crippen LogP contribution in [0.3, 0.4) is 0 Å². The Morgan fingerprint density at radius 2 is 2.27 bits per heavy atom. The van der Waals surface area contributed by atoms with E-state index in [9.17, 15) is 0 Å². The summed E-state index contributed by atoms with van der Waals surface area (Å²) < 4.78 is 0. The molecular formula is C8H13NO2. The Hall–Kier alpha value is -0.800. The van der Waals surface area contributed by atoms with Gasteiger partial charge >= 0.3 is 0 Å². The van der Waals surface area contributed by atoms with Gasteiger partial charge in [-0.1, -0.05) is 6.08 Å². The van der Waals surface area contributed by atoms with Crippen LogP contribution in [-0.2, 0) is 0 Å². The van der Waals surface area contributed by atoms with Gasteiger partial charge in [-0.3, -0.25) is 0 Å². The van der Waals surface area contributed by atoms with Crippen molar-refractivity contribution in [3.63, 3.8) is 0 Å². The summed E-state index contributed by atoms with van der Waals surface area (Å²) in [5.41, 5.74) is 7.06. The molecule has 0 saturated carbocycles. The smallest absolute Gasteiger partial charge is 0.0645 e. The van der Waals surface area contributed by atoms with E-state index in [1.54, 1.807) is 6.08 Å². The second kappa shape index (κ2) is 3.55. The maximum atomic E-state index is 8.81. The van der Waals surface area contributed by atoms with Crippen molar-refractivity contribution in [3.8, 4) is 0 Å². The largest absolute Gasteiger partial charge is 0.399 e. The highest BCUT2D eigenvalue weighted by atomic mass is 16.3. The van der Waals surface area contributed by atoms with E-state index >= 15 is 0 Å². The summed E-state index contributed by atoms with van der Waals surface area (Å²) in [6.07, 6.45) is 4.29. The highest BCUT2D eigenvalue weighted by molar-refractivity contribution is 5.27. The van der Waals surface area contributed by atoms with Gasteiger partial charge in [-0.2, -0.15) is 0 Å². The molecule has 1 unspecified atom stereocenters. The summed E-state index contributed by atoms with van der Waals surface area (Å²) in [5.74, 6) is 0.0853. The van der Waals surface area contributed by atoms with Gasteiger partial charge in [0, 0.05) is 18.2 Å². The Balaban J connectivity index is 2.67. The van der Waals surface area contributed by atoms with E-state index in [1.165, 1.54) is 0 Å². The van der Waals surface area contributed by atoms with Crippen LogP contribution in [0.2, 0.25) is 0 Å². The molecule has 4 N–H and O–H groups in total. The number of aliphatic hydroxyl groups is 2. The fourth-order valence-corrected chi connectivity index (χ4v) is 1.24. The number of allylic oxidation sites excluding steroid dienone is 1. The minimum absolute atomic E-state index is 0.0328. The maximum Gasteiger partial charge on any atom is 0.0645 e. The Morgan fingerprint density at radius 1 is 1.55 bits per heavy atom. The number of hydrogen-bond donors (Lipinski definition) is 3. The molecule has 0 spiro atoms. The molecule has 62 valence electrons. The Bertz CT molecular complexity index is 196. The van der Waals surface area contributed by atoms with Crippen LogP contribution in [-0.4, -0.2) is 23.4 Å². The molecule has 1 rings (SSSR count). The molecule has 0 saturated heterocycles. The second-order valence-electron chi connectivity index (χ2n) is 2.77. The molecule has 3 nitrogen and oxygen atoms in total. The van der Waals surface area contributed by atoms with Gasteiger partial charge in [-0.05, 0) is 18.1 Å². The number of hydrogen-bond acceptors (Lipinski definition) is 3. The summed E-state index contributed by atoms with van der Waals surface area (Å²) >= 11 is 0. The predicted molar refractivity (Wildman–Crippen MR) is 42.6 cm³/mol. The molecule has 0 fully saturated rings. The lowest BCUT2D eigenvalue weighted by Gasteiger charge is -2.16. The van der Waals surface area contributed by atoms with E-state index in [0.29, 0.717) is 12.1 Å². The molecule has 3 heteroatoms. The second-order valence-corrected chi connectivity index (χ2v) is 2.77. The van der Waals surface area contributed by atoms with Crippen molar-refractivity contribution in [3.05, 3.63) is 23.4 Å². The normalized spacial score (nSPS) is 24.4. The Morgan fingerprint density at radius 3 is 2.82 bits per heavy atom. The van der Waals surface area contributed by atoms with Crippen LogP contribution >= 0.6 is 0 Å². The summed E-state index contributed by atoms with van der Waals surface area (Å²) in [7, 11) is 0. The number of aliphatic hydroxyl groups excluding tert-OH is 2. The standard InChI is InChI=1S/C8H13NO2/c9-8-2-6(4-10)1-7(3-8)5-11/h2-3,6,10-11H,1,4-5,9H2. The van der Waals surface area contributed by atoms with E-state index in [4.69, 9.17) is 15.9 Å². The predicted octanol–water partition coefficient (Wildman–Crippen LogP) is -0.240. The fraction of sp³-hybridized carbons (Fsp3) is 0.500. The molecule has 0 amide bonds. The third-order valence-electron chi connectivity index (χ3n) is 1.76. The van der Waals surface area contributed by atoms with Gasteiger partial charge in [0.05, 0.1) is 6.61 Å². The van der Waals surface area contributed by atoms with E-state index in [1.807, 2.05) is 6.08 Å². The highest BCUT2D eigenvalue weighted by Crippen LogP contribution is 2.19. The first-order valence-electron chi connectivity index (χ1n) is 3.64. The average molecular weight is 155 g/mol.